The average Bonchev–Trinajstić information content (AvgIpc) is 2.76. The van der Waals surface area contributed by atoms with Gasteiger partial charge in [0.05, 0.1) is 15.9 Å². The minimum atomic E-state index is 0.500. The predicted octanol–water partition coefficient (Wildman–Crippen LogP) is 2.71. The van der Waals surface area contributed by atoms with Crippen molar-refractivity contribution < 1.29 is 0 Å². The molecular weight excluding hydrogens is 304 g/mol. The van der Waals surface area contributed by atoms with Gasteiger partial charge in [0.2, 0.25) is 0 Å². The van der Waals surface area contributed by atoms with Crippen molar-refractivity contribution >= 4 is 15.9 Å². The Bertz CT molecular complexity index is 558. The van der Waals surface area contributed by atoms with E-state index in [0.717, 1.165) is 34.5 Å². The number of hydrogen-bond donors (Lipinski definition) is 1. The summed E-state index contributed by atoms with van der Waals surface area (Å²) in [6.07, 6.45) is 6.09. The number of halogens is 1. The van der Waals surface area contributed by atoms with Gasteiger partial charge in [-0.25, -0.2) is 0 Å². The van der Waals surface area contributed by atoms with Gasteiger partial charge in [0.15, 0.2) is 0 Å². The Kier molecular flexibility index (Phi) is 3.66. The Labute approximate surface area is 121 Å². The molecule has 3 heterocycles. The zero-order valence-electron chi connectivity index (χ0n) is 10.9. The Morgan fingerprint density at radius 3 is 3.05 bits per heavy atom. The standard InChI is InChI=1S/C14H17BrN4/c1-19-14(11-5-3-7-17-9-11)12(15)13(18-19)10-4-2-6-16-8-10/h3,5,7,9-10,16H,2,4,6,8H2,1H3. The van der Waals surface area contributed by atoms with E-state index < -0.39 is 0 Å². The van der Waals surface area contributed by atoms with E-state index in [1.807, 2.05) is 24.0 Å². The van der Waals surface area contributed by atoms with Crippen LogP contribution >= 0.6 is 15.9 Å². The molecule has 1 unspecified atom stereocenters. The Hall–Kier alpha value is -1.20. The first-order valence-corrected chi connectivity index (χ1v) is 7.40. The maximum atomic E-state index is 4.71. The third-order valence-electron chi connectivity index (χ3n) is 3.63. The molecule has 1 N–H and O–H groups in total. The minimum Gasteiger partial charge on any atom is -0.316 e. The molecular formula is C14H17BrN4. The molecule has 1 saturated heterocycles. The van der Waals surface area contributed by atoms with E-state index in [4.69, 9.17) is 5.10 Å². The first-order chi connectivity index (χ1) is 9.27. The van der Waals surface area contributed by atoms with Crippen LogP contribution in [0.5, 0.6) is 0 Å². The van der Waals surface area contributed by atoms with Crippen molar-refractivity contribution in [1.82, 2.24) is 20.1 Å². The molecule has 0 radical (unpaired) electrons. The number of piperidine rings is 1. The number of pyridine rings is 1. The van der Waals surface area contributed by atoms with Gasteiger partial charge in [-0.3, -0.25) is 9.67 Å². The Morgan fingerprint density at radius 1 is 1.47 bits per heavy atom. The van der Waals surface area contributed by atoms with Crippen molar-refractivity contribution in [2.75, 3.05) is 13.1 Å². The molecule has 1 fully saturated rings. The summed E-state index contributed by atoms with van der Waals surface area (Å²) < 4.78 is 3.06. The molecule has 2 aromatic rings. The normalized spacial score (nSPS) is 19.6. The van der Waals surface area contributed by atoms with Crippen molar-refractivity contribution in [3.8, 4) is 11.3 Å². The van der Waals surface area contributed by atoms with Crippen LogP contribution in [0, 0.1) is 0 Å². The zero-order valence-corrected chi connectivity index (χ0v) is 12.5. The lowest BCUT2D eigenvalue weighted by Gasteiger charge is -2.21. The molecule has 0 aromatic carbocycles. The van der Waals surface area contributed by atoms with Crippen LogP contribution < -0.4 is 5.32 Å². The summed E-state index contributed by atoms with van der Waals surface area (Å²) in [6.45, 7) is 2.14. The Balaban J connectivity index is 2.00. The van der Waals surface area contributed by atoms with Gasteiger partial charge in [-0.1, -0.05) is 0 Å². The summed E-state index contributed by atoms with van der Waals surface area (Å²) in [6, 6.07) is 4.02. The van der Waals surface area contributed by atoms with Crippen LogP contribution in [0.4, 0.5) is 0 Å². The van der Waals surface area contributed by atoms with E-state index in [1.54, 1.807) is 6.20 Å². The largest absolute Gasteiger partial charge is 0.316 e. The minimum absolute atomic E-state index is 0.500. The van der Waals surface area contributed by atoms with E-state index in [9.17, 15) is 0 Å². The molecule has 0 saturated carbocycles. The number of hydrogen-bond acceptors (Lipinski definition) is 3. The molecule has 1 aliphatic heterocycles. The summed E-state index contributed by atoms with van der Waals surface area (Å²) in [5.41, 5.74) is 3.36. The predicted molar refractivity (Wildman–Crippen MR) is 79.0 cm³/mol. The number of nitrogens with one attached hydrogen (secondary N) is 1. The van der Waals surface area contributed by atoms with Gasteiger partial charge >= 0.3 is 0 Å². The smallest absolute Gasteiger partial charge is 0.0839 e. The molecule has 3 rings (SSSR count). The molecule has 0 spiro atoms. The van der Waals surface area contributed by atoms with Crippen LogP contribution in [-0.2, 0) is 7.05 Å². The van der Waals surface area contributed by atoms with E-state index in [1.165, 1.54) is 12.8 Å². The molecule has 2 aromatic heterocycles. The van der Waals surface area contributed by atoms with Crippen molar-refractivity contribution in [1.29, 1.82) is 0 Å². The van der Waals surface area contributed by atoms with Crippen molar-refractivity contribution in [2.45, 2.75) is 18.8 Å². The molecule has 0 bridgehead atoms. The number of aromatic nitrogens is 3. The van der Waals surface area contributed by atoms with Gasteiger partial charge in [-0.15, -0.1) is 0 Å². The fourth-order valence-electron chi connectivity index (χ4n) is 2.68. The molecule has 19 heavy (non-hydrogen) atoms. The third kappa shape index (κ3) is 2.44. The molecule has 0 aliphatic carbocycles. The van der Waals surface area contributed by atoms with Gasteiger partial charge in [-0.05, 0) is 47.4 Å². The highest BCUT2D eigenvalue weighted by Crippen LogP contribution is 2.35. The molecule has 4 nitrogen and oxygen atoms in total. The third-order valence-corrected chi connectivity index (χ3v) is 4.41. The molecule has 1 aliphatic rings. The van der Waals surface area contributed by atoms with Crippen LogP contribution in [0.25, 0.3) is 11.3 Å². The second-order valence-electron chi connectivity index (χ2n) is 4.96. The highest BCUT2D eigenvalue weighted by Gasteiger charge is 2.24. The van der Waals surface area contributed by atoms with Crippen LogP contribution in [0.1, 0.15) is 24.5 Å². The summed E-state index contributed by atoms with van der Waals surface area (Å²) in [7, 11) is 1.99. The lowest BCUT2D eigenvalue weighted by molar-refractivity contribution is 0.450. The highest BCUT2D eigenvalue weighted by molar-refractivity contribution is 9.10. The summed E-state index contributed by atoms with van der Waals surface area (Å²) in [4.78, 5) is 4.19. The number of nitrogens with zero attached hydrogens (tertiary/aromatic N) is 3. The van der Waals surface area contributed by atoms with Gasteiger partial charge < -0.3 is 5.32 Å². The first kappa shape index (κ1) is 12.8. The lowest BCUT2D eigenvalue weighted by Crippen LogP contribution is -2.28. The van der Waals surface area contributed by atoms with Crippen LogP contribution in [0.3, 0.4) is 0 Å². The topological polar surface area (TPSA) is 42.7 Å². The fraction of sp³-hybridized carbons (Fsp3) is 0.429. The van der Waals surface area contributed by atoms with Crippen LogP contribution in [0.15, 0.2) is 29.0 Å². The summed E-state index contributed by atoms with van der Waals surface area (Å²) >= 11 is 3.74. The maximum Gasteiger partial charge on any atom is 0.0839 e. The highest BCUT2D eigenvalue weighted by atomic mass is 79.9. The van der Waals surface area contributed by atoms with Gasteiger partial charge in [-0.2, -0.15) is 5.10 Å². The lowest BCUT2D eigenvalue weighted by atomic mass is 9.96. The molecule has 100 valence electrons. The molecule has 5 heteroatoms. The number of aryl methyl sites for hydroxylation is 1. The summed E-state index contributed by atoms with van der Waals surface area (Å²) in [5.74, 6) is 0.500. The zero-order chi connectivity index (χ0) is 13.2. The van der Waals surface area contributed by atoms with Crippen LogP contribution in [0.2, 0.25) is 0 Å². The maximum absolute atomic E-state index is 4.71. The number of rotatable bonds is 2. The van der Waals surface area contributed by atoms with E-state index in [2.05, 4.69) is 32.3 Å². The quantitative estimate of drug-likeness (QED) is 0.925. The van der Waals surface area contributed by atoms with Gasteiger partial charge in [0.1, 0.15) is 0 Å². The van der Waals surface area contributed by atoms with Gasteiger partial charge in [0.25, 0.3) is 0 Å². The molecule has 0 amide bonds. The van der Waals surface area contributed by atoms with Crippen molar-refractivity contribution in [3.05, 3.63) is 34.7 Å². The van der Waals surface area contributed by atoms with Crippen molar-refractivity contribution in [3.63, 3.8) is 0 Å². The van der Waals surface area contributed by atoms with E-state index >= 15 is 0 Å². The van der Waals surface area contributed by atoms with E-state index in [0.29, 0.717) is 5.92 Å². The second kappa shape index (κ2) is 5.43. The fourth-order valence-corrected chi connectivity index (χ4v) is 3.57. The van der Waals surface area contributed by atoms with Crippen LogP contribution in [-0.4, -0.2) is 27.9 Å². The van der Waals surface area contributed by atoms with Gasteiger partial charge in [0, 0.05) is 37.5 Å². The monoisotopic (exact) mass is 320 g/mol. The SMILES string of the molecule is Cn1nc(C2CCCNC2)c(Br)c1-c1cccnc1. The Morgan fingerprint density at radius 2 is 2.37 bits per heavy atom. The first-order valence-electron chi connectivity index (χ1n) is 6.61. The van der Waals surface area contributed by atoms with E-state index in [-0.39, 0.29) is 0 Å². The average molecular weight is 321 g/mol. The summed E-state index contributed by atoms with van der Waals surface area (Å²) in [5, 5.41) is 8.16. The van der Waals surface area contributed by atoms with Crippen molar-refractivity contribution in [2.24, 2.45) is 7.05 Å². The second-order valence-corrected chi connectivity index (χ2v) is 5.75. The molecule has 1 atom stereocenters.